The van der Waals surface area contributed by atoms with Gasteiger partial charge in [0.2, 0.25) is 0 Å². The number of aliphatic hydroxyl groups excluding tert-OH is 1. The number of ether oxygens (including phenoxy) is 1. The first-order valence-corrected chi connectivity index (χ1v) is 6.41. The van der Waals surface area contributed by atoms with Crippen LogP contribution in [-0.2, 0) is 11.2 Å². The van der Waals surface area contributed by atoms with E-state index in [1.165, 1.54) is 17.6 Å². The molecule has 0 saturated heterocycles. The molecule has 104 valence electrons. The average Bonchev–Trinajstić information content (AvgIpc) is 2.85. The van der Waals surface area contributed by atoms with Crippen LogP contribution < -0.4 is 5.32 Å². The van der Waals surface area contributed by atoms with Crippen molar-refractivity contribution in [2.75, 3.05) is 39.2 Å². The van der Waals surface area contributed by atoms with Gasteiger partial charge in [0, 0.05) is 38.5 Å². The fraction of sp³-hybridized carbons (Fsp3) is 0.500. The highest BCUT2D eigenvalue weighted by atomic mass is 16.5. The Balaban J connectivity index is 2.02. The number of nitrogens with zero attached hydrogens (tertiary/aromatic N) is 1. The van der Waals surface area contributed by atoms with Gasteiger partial charge in [-0.05, 0) is 30.2 Å². The normalized spacial score (nSPS) is 14.7. The first kappa shape index (κ1) is 13.8. The molecule has 1 aliphatic rings. The van der Waals surface area contributed by atoms with Crippen molar-refractivity contribution in [3.8, 4) is 0 Å². The van der Waals surface area contributed by atoms with Crippen LogP contribution in [0.4, 0.5) is 5.69 Å². The van der Waals surface area contributed by atoms with E-state index in [1.807, 2.05) is 18.2 Å². The van der Waals surface area contributed by atoms with Crippen molar-refractivity contribution in [2.45, 2.75) is 12.5 Å². The Morgan fingerprint density at radius 3 is 3.11 bits per heavy atom. The van der Waals surface area contributed by atoms with Crippen molar-refractivity contribution < 1.29 is 14.6 Å². The molecule has 1 unspecified atom stereocenters. The number of carbonyl (C=O) groups excluding carboxylic acids is 1. The average molecular weight is 264 g/mol. The van der Waals surface area contributed by atoms with Crippen molar-refractivity contribution >= 4 is 11.6 Å². The predicted octanol–water partition coefficient (Wildman–Crippen LogP) is 0.734. The Morgan fingerprint density at radius 1 is 1.58 bits per heavy atom. The van der Waals surface area contributed by atoms with Crippen molar-refractivity contribution in [1.29, 1.82) is 0 Å². The highest BCUT2D eigenvalue weighted by Crippen LogP contribution is 2.23. The fourth-order valence-corrected chi connectivity index (χ4v) is 2.30. The molecule has 5 nitrogen and oxygen atoms in total. The standard InChI is InChI=1S/C14H20N2O3/c1-16(8-12(17)9-19-2)14(18)11-3-4-13-10(7-11)5-6-15-13/h3-4,7,12,15,17H,5-6,8-9H2,1-2H3. The summed E-state index contributed by atoms with van der Waals surface area (Å²) < 4.78 is 4.85. The van der Waals surface area contributed by atoms with Crippen LogP contribution in [0.2, 0.25) is 0 Å². The molecule has 2 N–H and O–H groups in total. The molecule has 0 aliphatic carbocycles. The summed E-state index contributed by atoms with van der Waals surface area (Å²) in [5.74, 6) is -0.0788. The topological polar surface area (TPSA) is 61.8 Å². The molecule has 1 heterocycles. The van der Waals surface area contributed by atoms with E-state index in [9.17, 15) is 9.90 Å². The molecule has 1 aromatic carbocycles. The zero-order chi connectivity index (χ0) is 13.8. The van der Waals surface area contributed by atoms with Gasteiger partial charge in [-0.15, -0.1) is 0 Å². The molecule has 5 heteroatoms. The molecule has 0 radical (unpaired) electrons. The number of nitrogens with one attached hydrogen (secondary N) is 1. The van der Waals surface area contributed by atoms with E-state index in [1.54, 1.807) is 7.05 Å². The summed E-state index contributed by atoms with van der Waals surface area (Å²) in [5, 5.41) is 12.9. The number of anilines is 1. The second-order valence-corrected chi connectivity index (χ2v) is 4.84. The van der Waals surface area contributed by atoms with Gasteiger partial charge >= 0.3 is 0 Å². The van der Waals surface area contributed by atoms with E-state index in [-0.39, 0.29) is 19.1 Å². The molecule has 1 amide bonds. The van der Waals surface area contributed by atoms with Crippen LogP contribution in [0.3, 0.4) is 0 Å². The van der Waals surface area contributed by atoms with Crippen LogP contribution in [0.25, 0.3) is 0 Å². The zero-order valence-electron chi connectivity index (χ0n) is 11.3. The van der Waals surface area contributed by atoms with Gasteiger partial charge in [-0.2, -0.15) is 0 Å². The van der Waals surface area contributed by atoms with Gasteiger partial charge in [-0.25, -0.2) is 0 Å². The molecule has 0 saturated carbocycles. The summed E-state index contributed by atoms with van der Waals surface area (Å²) in [4.78, 5) is 13.8. The number of carbonyl (C=O) groups is 1. The molecule has 0 fully saturated rings. The van der Waals surface area contributed by atoms with Gasteiger partial charge in [0.1, 0.15) is 0 Å². The molecule has 1 aromatic rings. The Morgan fingerprint density at radius 2 is 2.37 bits per heavy atom. The number of benzene rings is 1. The van der Waals surface area contributed by atoms with E-state index in [0.29, 0.717) is 5.56 Å². The zero-order valence-corrected chi connectivity index (χ0v) is 11.3. The number of rotatable bonds is 5. The summed E-state index contributed by atoms with van der Waals surface area (Å²) in [6.07, 6.45) is 0.293. The Labute approximate surface area is 113 Å². The molecule has 2 rings (SSSR count). The third-order valence-electron chi connectivity index (χ3n) is 3.25. The molecule has 0 bridgehead atoms. The summed E-state index contributed by atoms with van der Waals surface area (Å²) in [7, 11) is 3.21. The largest absolute Gasteiger partial charge is 0.389 e. The van der Waals surface area contributed by atoms with Gasteiger partial charge in [-0.1, -0.05) is 0 Å². The third kappa shape index (κ3) is 3.24. The lowest BCUT2D eigenvalue weighted by Gasteiger charge is -2.20. The fourth-order valence-electron chi connectivity index (χ4n) is 2.30. The maximum atomic E-state index is 12.2. The van der Waals surface area contributed by atoms with Crippen LogP contribution in [0.1, 0.15) is 15.9 Å². The molecule has 0 aromatic heterocycles. The molecular formula is C14H20N2O3. The minimum Gasteiger partial charge on any atom is -0.389 e. The Kier molecular flexibility index (Phi) is 4.39. The lowest BCUT2D eigenvalue weighted by Crippen LogP contribution is -2.36. The number of likely N-dealkylation sites (N-methyl/N-ethyl adjacent to an activating group) is 1. The predicted molar refractivity (Wildman–Crippen MR) is 73.5 cm³/mol. The quantitative estimate of drug-likeness (QED) is 0.823. The molecular weight excluding hydrogens is 244 g/mol. The Hall–Kier alpha value is -1.59. The SMILES string of the molecule is COCC(O)CN(C)C(=O)c1ccc2c(c1)CCN2. The lowest BCUT2D eigenvalue weighted by molar-refractivity contribution is 0.0380. The van der Waals surface area contributed by atoms with Crippen LogP contribution in [-0.4, -0.2) is 55.9 Å². The van der Waals surface area contributed by atoms with Crippen molar-refractivity contribution in [1.82, 2.24) is 4.90 Å². The maximum Gasteiger partial charge on any atom is 0.253 e. The minimum absolute atomic E-state index is 0.0788. The van der Waals surface area contributed by atoms with Crippen molar-refractivity contribution in [2.24, 2.45) is 0 Å². The van der Waals surface area contributed by atoms with E-state index < -0.39 is 6.10 Å². The molecule has 19 heavy (non-hydrogen) atoms. The monoisotopic (exact) mass is 264 g/mol. The van der Waals surface area contributed by atoms with Gasteiger partial charge < -0.3 is 20.1 Å². The summed E-state index contributed by atoms with van der Waals surface area (Å²) >= 11 is 0. The number of aliphatic hydroxyl groups is 1. The van der Waals surface area contributed by atoms with E-state index in [0.717, 1.165) is 18.7 Å². The van der Waals surface area contributed by atoms with E-state index in [4.69, 9.17) is 4.74 Å². The first-order chi connectivity index (χ1) is 9.11. The van der Waals surface area contributed by atoms with Crippen LogP contribution in [0.5, 0.6) is 0 Å². The van der Waals surface area contributed by atoms with E-state index >= 15 is 0 Å². The highest BCUT2D eigenvalue weighted by molar-refractivity contribution is 5.95. The highest BCUT2D eigenvalue weighted by Gasteiger charge is 2.18. The van der Waals surface area contributed by atoms with Gasteiger partial charge in [0.05, 0.1) is 12.7 Å². The summed E-state index contributed by atoms with van der Waals surface area (Å²) in [6, 6.07) is 5.69. The second-order valence-electron chi connectivity index (χ2n) is 4.84. The minimum atomic E-state index is -0.657. The first-order valence-electron chi connectivity index (χ1n) is 6.41. The van der Waals surface area contributed by atoms with Gasteiger partial charge in [0.15, 0.2) is 0 Å². The number of fused-ring (bicyclic) bond motifs is 1. The van der Waals surface area contributed by atoms with Crippen LogP contribution >= 0.6 is 0 Å². The third-order valence-corrected chi connectivity index (χ3v) is 3.25. The van der Waals surface area contributed by atoms with Crippen LogP contribution in [0, 0.1) is 0 Å². The molecule has 1 aliphatic heterocycles. The van der Waals surface area contributed by atoms with Gasteiger partial charge in [-0.3, -0.25) is 4.79 Å². The number of hydrogen-bond acceptors (Lipinski definition) is 4. The smallest absolute Gasteiger partial charge is 0.253 e. The lowest BCUT2D eigenvalue weighted by atomic mass is 10.1. The second kappa shape index (κ2) is 6.04. The van der Waals surface area contributed by atoms with Crippen LogP contribution in [0.15, 0.2) is 18.2 Å². The summed E-state index contributed by atoms with van der Waals surface area (Å²) in [6.45, 7) is 1.42. The number of hydrogen-bond donors (Lipinski definition) is 2. The van der Waals surface area contributed by atoms with Gasteiger partial charge in [0.25, 0.3) is 5.91 Å². The number of amides is 1. The molecule has 1 atom stereocenters. The number of methoxy groups -OCH3 is 1. The van der Waals surface area contributed by atoms with E-state index in [2.05, 4.69) is 5.32 Å². The van der Waals surface area contributed by atoms with Crippen molar-refractivity contribution in [3.05, 3.63) is 29.3 Å². The molecule has 0 spiro atoms. The maximum absolute atomic E-state index is 12.2. The van der Waals surface area contributed by atoms with Crippen molar-refractivity contribution in [3.63, 3.8) is 0 Å². The Bertz CT molecular complexity index is 462. The summed E-state index contributed by atoms with van der Waals surface area (Å²) in [5.41, 5.74) is 2.95.